The molecule has 0 fully saturated rings. The summed E-state index contributed by atoms with van der Waals surface area (Å²) < 4.78 is 45.3. The topological polar surface area (TPSA) is 25.5 Å². The minimum atomic E-state index is -4.45. The van der Waals surface area contributed by atoms with Crippen LogP contribution >= 0.6 is 0 Å². The standard InChI is InChI=1S/C24H16F3NO/c25-24(26,27)22-12-5-4-11-21(22)23-14-13-20(29-23)16-28-19-10-6-9-18(15-19)17-7-2-1-3-8-17/h1-16H. The molecule has 5 heteroatoms. The highest BCUT2D eigenvalue weighted by atomic mass is 19.4. The first-order chi connectivity index (χ1) is 14.0. The molecule has 0 aliphatic heterocycles. The van der Waals surface area contributed by atoms with Crippen LogP contribution in [0.5, 0.6) is 0 Å². The van der Waals surface area contributed by atoms with Crippen LogP contribution in [0.3, 0.4) is 0 Å². The normalized spacial score (nSPS) is 11.8. The lowest BCUT2D eigenvalue weighted by atomic mass is 10.1. The lowest BCUT2D eigenvalue weighted by Crippen LogP contribution is -2.06. The molecular weight excluding hydrogens is 375 g/mol. The maximum Gasteiger partial charge on any atom is 0.417 e. The van der Waals surface area contributed by atoms with Crippen LogP contribution in [-0.2, 0) is 6.18 Å². The van der Waals surface area contributed by atoms with Gasteiger partial charge in [-0.3, -0.25) is 4.99 Å². The Balaban J connectivity index is 1.59. The van der Waals surface area contributed by atoms with Gasteiger partial charge in [-0.05, 0) is 41.5 Å². The van der Waals surface area contributed by atoms with Crippen molar-refractivity contribution in [3.05, 3.63) is 102 Å². The first kappa shape index (κ1) is 18.7. The number of aliphatic imine (C=N–C) groups is 1. The lowest BCUT2D eigenvalue weighted by molar-refractivity contribution is -0.137. The molecule has 2 nitrogen and oxygen atoms in total. The molecule has 0 radical (unpaired) electrons. The Hall–Kier alpha value is -3.60. The van der Waals surface area contributed by atoms with Crippen LogP contribution in [0.4, 0.5) is 18.9 Å². The number of alkyl halides is 3. The van der Waals surface area contributed by atoms with Gasteiger partial charge in [0.25, 0.3) is 0 Å². The van der Waals surface area contributed by atoms with Gasteiger partial charge in [-0.25, -0.2) is 0 Å². The Morgan fingerprint density at radius 1 is 0.724 bits per heavy atom. The van der Waals surface area contributed by atoms with E-state index >= 15 is 0 Å². The number of furan rings is 1. The molecular formula is C24H16F3NO. The van der Waals surface area contributed by atoms with Gasteiger partial charge in [-0.2, -0.15) is 13.2 Å². The summed E-state index contributed by atoms with van der Waals surface area (Å²) in [6.07, 6.45) is -2.95. The number of hydrogen-bond donors (Lipinski definition) is 0. The molecule has 0 spiro atoms. The van der Waals surface area contributed by atoms with Crippen molar-refractivity contribution in [2.75, 3.05) is 0 Å². The number of rotatable bonds is 4. The average molecular weight is 391 g/mol. The van der Waals surface area contributed by atoms with Gasteiger partial charge in [-0.15, -0.1) is 0 Å². The molecule has 0 saturated heterocycles. The molecule has 4 aromatic rings. The smallest absolute Gasteiger partial charge is 0.417 e. The summed E-state index contributed by atoms with van der Waals surface area (Å²) in [7, 11) is 0. The van der Waals surface area contributed by atoms with E-state index in [4.69, 9.17) is 4.42 Å². The van der Waals surface area contributed by atoms with Crippen LogP contribution in [0.1, 0.15) is 11.3 Å². The Bertz CT molecular complexity index is 1140. The second-order valence-corrected chi connectivity index (χ2v) is 6.42. The summed E-state index contributed by atoms with van der Waals surface area (Å²) in [6.45, 7) is 0. The Morgan fingerprint density at radius 3 is 2.24 bits per heavy atom. The van der Waals surface area contributed by atoms with Crippen molar-refractivity contribution in [1.29, 1.82) is 0 Å². The molecule has 0 aliphatic carbocycles. The fraction of sp³-hybridized carbons (Fsp3) is 0.0417. The van der Waals surface area contributed by atoms with E-state index in [1.54, 1.807) is 12.1 Å². The summed E-state index contributed by atoms with van der Waals surface area (Å²) in [6, 6.07) is 26.1. The van der Waals surface area contributed by atoms with E-state index < -0.39 is 11.7 Å². The first-order valence-corrected chi connectivity index (χ1v) is 8.97. The predicted molar refractivity (Wildman–Crippen MR) is 108 cm³/mol. The van der Waals surface area contributed by atoms with E-state index in [1.165, 1.54) is 24.4 Å². The summed E-state index contributed by atoms with van der Waals surface area (Å²) in [4.78, 5) is 4.40. The van der Waals surface area contributed by atoms with E-state index in [0.29, 0.717) is 5.76 Å². The van der Waals surface area contributed by atoms with Crippen LogP contribution in [0.2, 0.25) is 0 Å². The molecule has 0 aliphatic rings. The van der Waals surface area contributed by atoms with E-state index in [-0.39, 0.29) is 11.3 Å². The van der Waals surface area contributed by atoms with E-state index in [9.17, 15) is 13.2 Å². The van der Waals surface area contributed by atoms with E-state index in [0.717, 1.165) is 22.9 Å². The van der Waals surface area contributed by atoms with Gasteiger partial charge in [0.2, 0.25) is 0 Å². The maximum absolute atomic E-state index is 13.2. The van der Waals surface area contributed by atoms with Gasteiger partial charge in [0.15, 0.2) is 0 Å². The number of benzene rings is 3. The SMILES string of the molecule is FC(F)(F)c1ccccc1-c1ccc(C=Nc2cccc(-c3ccccc3)c2)o1. The van der Waals surface area contributed by atoms with Crippen molar-refractivity contribution in [1.82, 2.24) is 0 Å². The van der Waals surface area contributed by atoms with Gasteiger partial charge < -0.3 is 4.42 Å². The number of hydrogen-bond acceptors (Lipinski definition) is 2. The van der Waals surface area contributed by atoms with E-state index in [1.807, 2.05) is 54.6 Å². The van der Waals surface area contributed by atoms with Crippen molar-refractivity contribution < 1.29 is 17.6 Å². The third-order valence-electron chi connectivity index (χ3n) is 4.42. The molecule has 1 heterocycles. The maximum atomic E-state index is 13.2. The van der Waals surface area contributed by atoms with Crippen LogP contribution in [0.15, 0.2) is 100 Å². The largest absolute Gasteiger partial charge is 0.455 e. The molecule has 0 amide bonds. The molecule has 0 unspecified atom stereocenters. The lowest BCUT2D eigenvalue weighted by Gasteiger charge is -2.10. The average Bonchev–Trinajstić information content (AvgIpc) is 3.21. The van der Waals surface area contributed by atoms with Crippen molar-refractivity contribution in [2.24, 2.45) is 4.99 Å². The zero-order valence-corrected chi connectivity index (χ0v) is 15.2. The highest BCUT2D eigenvalue weighted by Gasteiger charge is 2.34. The number of halogens is 3. The summed E-state index contributed by atoms with van der Waals surface area (Å²) >= 11 is 0. The first-order valence-electron chi connectivity index (χ1n) is 8.97. The van der Waals surface area contributed by atoms with Gasteiger partial charge in [0.05, 0.1) is 17.5 Å². The van der Waals surface area contributed by atoms with Gasteiger partial charge in [0, 0.05) is 5.56 Å². The molecule has 0 bridgehead atoms. The summed E-state index contributed by atoms with van der Waals surface area (Å²) in [5.41, 5.74) is 2.10. The zero-order chi connectivity index (χ0) is 20.3. The summed E-state index contributed by atoms with van der Waals surface area (Å²) in [5.74, 6) is 0.527. The van der Waals surface area contributed by atoms with Gasteiger partial charge >= 0.3 is 6.18 Å². The predicted octanol–water partition coefficient (Wildman–Crippen LogP) is 7.38. The molecule has 1 aromatic heterocycles. The molecule has 0 N–H and O–H groups in total. The molecule has 29 heavy (non-hydrogen) atoms. The van der Waals surface area contributed by atoms with Crippen LogP contribution in [0.25, 0.3) is 22.5 Å². The second-order valence-electron chi connectivity index (χ2n) is 6.42. The summed E-state index contributed by atoms with van der Waals surface area (Å²) in [5, 5.41) is 0. The third kappa shape index (κ3) is 4.29. The van der Waals surface area contributed by atoms with Crippen LogP contribution in [-0.4, -0.2) is 6.21 Å². The van der Waals surface area contributed by atoms with Crippen molar-refractivity contribution >= 4 is 11.9 Å². The highest BCUT2D eigenvalue weighted by molar-refractivity contribution is 5.81. The van der Waals surface area contributed by atoms with Crippen LogP contribution in [0, 0.1) is 0 Å². The second kappa shape index (κ2) is 7.80. The Morgan fingerprint density at radius 2 is 1.45 bits per heavy atom. The van der Waals surface area contributed by atoms with Crippen molar-refractivity contribution in [3.8, 4) is 22.5 Å². The molecule has 0 atom stereocenters. The fourth-order valence-corrected chi connectivity index (χ4v) is 3.05. The minimum absolute atomic E-state index is 0.00530. The van der Waals surface area contributed by atoms with Gasteiger partial charge in [0.1, 0.15) is 11.5 Å². The Labute approximate surface area is 166 Å². The monoisotopic (exact) mass is 391 g/mol. The molecule has 4 rings (SSSR count). The molecule has 3 aromatic carbocycles. The molecule has 144 valence electrons. The molecule has 0 saturated carbocycles. The highest BCUT2D eigenvalue weighted by Crippen LogP contribution is 2.37. The Kier molecular flexibility index (Phi) is 5.04. The third-order valence-corrected chi connectivity index (χ3v) is 4.42. The van der Waals surface area contributed by atoms with Gasteiger partial charge in [-0.1, -0.05) is 60.7 Å². The fourth-order valence-electron chi connectivity index (χ4n) is 3.05. The van der Waals surface area contributed by atoms with Crippen molar-refractivity contribution in [3.63, 3.8) is 0 Å². The minimum Gasteiger partial charge on any atom is -0.455 e. The quantitative estimate of drug-likeness (QED) is 0.333. The van der Waals surface area contributed by atoms with Crippen molar-refractivity contribution in [2.45, 2.75) is 6.18 Å². The van der Waals surface area contributed by atoms with Crippen LogP contribution < -0.4 is 0 Å². The number of nitrogens with zero attached hydrogens (tertiary/aromatic N) is 1. The zero-order valence-electron chi connectivity index (χ0n) is 15.2. The van der Waals surface area contributed by atoms with E-state index in [2.05, 4.69) is 4.99 Å².